The monoisotopic (exact) mass is 811 g/mol. The summed E-state index contributed by atoms with van der Waals surface area (Å²) in [6.45, 7) is 0. The van der Waals surface area contributed by atoms with E-state index >= 15 is 0 Å². The molecule has 298 valence electrons. The Labute approximate surface area is 373 Å². The van der Waals surface area contributed by atoms with Crippen molar-refractivity contribution >= 4 is 38.6 Å². The minimum atomic E-state index is -0.378. The maximum atomic E-state index is 2.42. The van der Waals surface area contributed by atoms with Crippen LogP contribution in [0.4, 0.5) is 17.1 Å². The van der Waals surface area contributed by atoms with E-state index in [4.69, 9.17) is 0 Å². The first-order chi connectivity index (χ1) is 31.8. The van der Waals surface area contributed by atoms with Gasteiger partial charge in [-0.3, -0.25) is 0 Å². The molecule has 0 atom stereocenters. The van der Waals surface area contributed by atoms with Crippen LogP contribution < -0.4 is 4.90 Å². The molecule has 1 spiro atoms. The number of anilines is 3. The van der Waals surface area contributed by atoms with E-state index < -0.39 is 0 Å². The summed E-state index contributed by atoms with van der Waals surface area (Å²) in [7, 11) is 0. The molecule has 11 aromatic rings. The molecule has 1 nitrogen and oxygen atoms in total. The second-order valence-corrected chi connectivity index (χ2v) is 17.1. The summed E-state index contributed by atoms with van der Waals surface area (Å²) in [6.07, 6.45) is 0. The van der Waals surface area contributed by atoms with Gasteiger partial charge in [-0.15, -0.1) is 0 Å². The molecule has 0 saturated heterocycles. The third-order valence-electron chi connectivity index (χ3n) is 13.9. The molecule has 64 heavy (non-hydrogen) atoms. The van der Waals surface area contributed by atoms with Crippen molar-refractivity contribution in [2.24, 2.45) is 0 Å². The van der Waals surface area contributed by atoms with Gasteiger partial charge in [0.1, 0.15) is 0 Å². The van der Waals surface area contributed by atoms with Gasteiger partial charge in [0.25, 0.3) is 0 Å². The Hall–Kier alpha value is -8.26. The summed E-state index contributed by atoms with van der Waals surface area (Å²) in [5.74, 6) is 0. The van der Waals surface area contributed by atoms with Crippen LogP contribution in [0.15, 0.2) is 249 Å². The van der Waals surface area contributed by atoms with Gasteiger partial charge in [0.05, 0.1) is 16.8 Å². The van der Waals surface area contributed by atoms with Crippen molar-refractivity contribution in [3.8, 4) is 55.6 Å². The van der Waals surface area contributed by atoms with E-state index in [1.165, 1.54) is 99.4 Å². The summed E-state index contributed by atoms with van der Waals surface area (Å²) in [5.41, 5.74) is 21.1. The standard InChI is InChI=1S/C63H41N/c1-2-20-45(21-3-1)64(60-36-14-19-42-18-4-5-23-48(42)60)61-37-17-29-49-47(28-15-30-53(49)61)44-40-38-43(39-41-44)46-22-6-7-24-50(46)54-31-16-35-59-62(54)55-27-10-13-34-58(55)63(59)56-32-11-8-25-51(56)52-26-9-12-33-57(52)63/h1-41H. The molecule has 0 bridgehead atoms. The van der Waals surface area contributed by atoms with E-state index in [1.807, 2.05) is 0 Å². The van der Waals surface area contributed by atoms with Crippen molar-refractivity contribution < 1.29 is 0 Å². The molecule has 2 aliphatic rings. The summed E-state index contributed by atoms with van der Waals surface area (Å²) in [4.78, 5) is 2.42. The van der Waals surface area contributed by atoms with Gasteiger partial charge >= 0.3 is 0 Å². The first-order valence-electron chi connectivity index (χ1n) is 22.3. The third-order valence-corrected chi connectivity index (χ3v) is 13.9. The van der Waals surface area contributed by atoms with Crippen LogP contribution in [-0.4, -0.2) is 0 Å². The van der Waals surface area contributed by atoms with Crippen LogP contribution in [0.5, 0.6) is 0 Å². The number of hydrogen-bond donors (Lipinski definition) is 0. The maximum Gasteiger partial charge on any atom is 0.0725 e. The highest BCUT2D eigenvalue weighted by atomic mass is 15.1. The van der Waals surface area contributed by atoms with Gasteiger partial charge in [0.15, 0.2) is 0 Å². The predicted octanol–water partition coefficient (Wildman–Crippen LogP) is 16.8. The summed E-state index contributed by atoms with van der Waals surface area (Å²) >= 11 is 0. The number of para-hydroxylation sites is 1. The highest BCUT2D eigenvalue weighted by molar-refractivity contribution is 6.09. The average molecular weight is 812 g/mol. The maximum absolute atomic E-state index is 2.42. The highest BCUT2D eigenvalue weighted by Gasteiger charge is 2.52. The third kappa shape index (κ3) is 5.25. The van der Waals surface area contributed by atoms with Crippen molar-refractivity contribution in [1.29, 1.82) is 0 Å². The summed E-state index contributed by atoms with van der Waals surface area (Å²) in [5, 5.41) is 4.86. The molecule has 13 rings (SSSR count). The zero-order valence-electron chi connectivity index (χ0n) is 35.1. The molecule has 0 radical (unpaired) electrons. The van der Waals surface area contributed by atoms with Crippen LogP contribution in [0.25, 0.3) is 77.2 Å². The quantitative estimate of drug-likeness (QED) is 0.162. The Morgan fingerprint density at radius 3 is 1.42 bits per heavy atom. The lowest BCUT2D eigenvalue weighted by Gasteiger charge is -2.30. The molecule has 11 aromatic carbocycles. The molecule has 0 fully saturated rings. The van der Waals surface area contributed by atoms with Gasteiger partial charge in [-0.05, 0) is 113 Å². The van der Waals surface area contributed by atoms with Crippen molar-refractivity contribution in [3.63, 3.8) is 0 Å². The molecule has 0 N–H and O–H groups in total. The van der Waals surface area contributed by atoms with Crippen molar-refractivity contribution in [2.75, 3.05) is 4.90 Å². The van der Waals surface area contributed by atoms with E-state index in [1.54, 1.807) is 0 Å². The van der Waals surface area contributed by atoms with E-state index in [9.17, 15) is 0 Å². The molecule has 0 amide bonds. The number of benzene rings is 11. The van der Waals surface area contributed by atoms with Crippen molar-refractivity contribution in [2.45, 2.75) is 5.41 Å². The van der Waals surface area contributed by atoms with Gasteiger partial charge in [-0.2, -0.15) is 0 Å². The molecular weight excluding hydrogens is 771 g/mol. The van der Waals surface area contributed by atoms with Crippen LogP contribution in [0.3, 0.4) is 0 Å². The molecule has 2 aliphatic carbocycles. The Balaban J connectivity index is 0.930. The molecule has 1 heteroatoms. The second-order valence-electron chi connectivity index (χ2n) is 17.1. The SMILES string of the molecule is c1ccc(N(c2cccc3ccccc23)c2cccc3c(-c4ccc(-c5ccccc5-c5cccc6c5-c5ccccc5C65c6ccccc6-c6ccccc65)cc4)cccc23)cc1. The number of fused-ring (bicyclic) bond motifs is 12. The number of rotatable bonds is 6. The lowest BCUT2D eigenvalue weighted by molar-refractivity contribution is 0.794. The van der Waals surface area contributed by atoms with Crippen LogP contribution in [-0.2, 0) is 5.41 Å². The van der Waals surface area contributed by atoms with E-state index in [0.29, 0.717) is 0 Å². The van der Waals surface area contributed by atoms with Gasteiger partial charge in [-0.25, -0.2) is 0 Å². The average Bonchev–Trinajstić information content (AvgIpc) is 3.85. The van der Waals surface area contributed by atoms with Gasteiger partial charge < -0.3 is 4.90 Å². The Morgan fingerprint density at radius 1 is 0.250 bits per heavy atom. The molecule has 0 unspecified atom stereocenters. The molecule has 0 saturated carbocycles. The largest absolute Gasteiger partial charge is 0.309 e. The van der Waals surface area contributed by atoms with Crippen LogP contribution >= 0.6 is 0 Å². The smallest absolute Gasteiger partial charge is 0.0725 e. The summed E-state index contributed by atoms with van der Waals surface area (Å²) < 4.78 is 0. The van der Waals surface area contributed by atoms with Crippen LogP contribution in [0.2, 0.25) is 0 Å². The van der Waals surface area contributed by atoms with Crippen LogP contribution in [0, 0.1) is 0 Å². The first kappa shape index (κ1) is 36.4. The fourth-order valence-electron chi connectivity index (χ4n) is 11.3. The molecular formula is C63H41N. The Morgan fingerprint density at radius 2 is 0.688 bits per heavy atom. The van der Waals surface area contributed by atoms with Gasteiger partial charge in [0, 0.05) is 16.5 Å². The molecule has 0 heterocycles. The van der Waals surface area contributed by atoms with E-state index in [-0.39, 0.29) is 5.41 Å². The minimum absolute atomic E-state index is 0.378. The van der Waals surface area contributed by atoms with Crippen molar-refractivity contribution in [3.05, 3.63) is 271 Å². The van der Waals surface area contributed by atoms with E-state index in [2.05, 4.69) is 254 Å². The molecule has 0 aliphatic heterocycles. The molecule has 0 aromatic heterocycles. The zero-order valence-corrected chi connectivity index (χ0v) is 35.1. The van der Waals surface area contributed by atoms with E-state index in [0.717, 1.165) is 17.1 Å². The second kappa shape index (κ2) is 14.4. The van der Waals surface area contributed by atoms with Gasteiger partial charge in [0.2, 0.25) is 0 Å². The van der Waals surface area contributed by atoms with Crippen molar-refractivity contribution in [1.82, 2.24) is 0 Å². The normalized spacial score (nSPS) is 12.8. The number of hydrogen-bond acceptors (Lipinski definition) is 1. The lowest BCUT2D eigenvalue weighted by atomic mass is 9.70. The Kier molecular flexibility index (Phi) is 8.20. The van der Waals surface area contributed by atoms with Gasteiger partial charge in [-0.1, -0.05) is 224 Å². The first-order valence-corrected chi connectivity index (χ1v) is 22.3. The van der Waals surface area contributed by atoms with Crippen LogP contribution in [0.1, 0.15) is 22.3 Å². The lowest BCUT2D eigenvalue weighted by Crippen LogP contribution is -2.25. The zero-order chi connectivity index (χ0) is 42.2. The highest BCUT2D eigenvalue weighted by Crippen LogP contribution is 2.64. The summed E-state index contributed by atoms with van der Waals surface area (Å²) in [6, 6.07) is 91.9. The fraction of sp³-hybridized carbons (Fsp3) is 0.0159. The Bertz CT molecular complexity index is 3570. The fourth-order valence-corrected chi connectivity index (χ4v) is 11.3. The topological polar surface area (TPSA) is 3.24 Å². The minimum Gasteiger partial charge on any atom is -0.309 e. The predicted molar refractivity (Wildman–Crippen MR) is 269 cm³/mol. The number of nitrogens with zero attached hydrogens (tertiary/aromatic N) is 1.